The van der Waals surface area contributed by atoms with Crippen LogP contribution in [0, 0.1) is 6.92 Å². The quantitative estimate of drug-likeness (QED) is 0.405. The number of amides is 2. The second-order valence-electron chi connectivity index (χ2n) is 7.53. The number of rotatable bonds is 8. The van der Waals surface area contributed by atoms with Crippen LogP contribution in [-0.2, 0) is 4.79 Å². The molecule has 0 radical (unpaired) electrons. The maximum atomic E-state index is 12.6. The van der Waals surface area contributed by atoms with Crippen molar-refractivity contribution in [3.8, 4) is 28.7 Å². The molecule has 0 spiro atoms. The van der Waals surface area contributed by atoms with E-state index in [9.17, 15) is 9.59 Å². The Labute approximate surface area is 197 Å². The van der Waals surface area contributed by atoms with E-state index in [1.54, 1.807) is 48.5 Å². The minimum absolute atomic E-state index is 0.0572. The third-order valence-electron chi connectivity index (χ3n) is 5.05. The summed E-state index contributed by atoms with van der Waals surface area (Å²) >= 11 is 0. The van der Waals surface area contributed by atoms with Crippen LogP contribution >= 0.6 is 0 Å². The number of carbonyl (C=O) groups is 2. The number of aryl methyl sites for hydroxylation is 1. The molecule has 0 aliphatic rings. The molecule has 0 atom stereocenters. The number of anilines is 1. The highest BCUT2D eigenvalue weighted by Crippen LogP contribution is 2.26. The Morgan fingerprint density at radius 2 is 1.62 bits per heavy atom. The van der Waals surface area contributed by atoms with E-state index in [2.05, 4.69) is 20.8 Å². The molecule has 3 aromatic carbocycles. The van der Waals surface area contributed by atoms with E-state index < -0.39 is 0 Å². The first-order valence-electron chi connectivity index (χ1n) is 10.8. The van der Waals surface area contributed by atoms with E-state index in [-0.39, 0.29) is 18.4 Å². The zero-order valence-electron chi connectivity index (χ0n) is 18.9. The van der Waals surface area contributed by atoms with Gasteiger partial charge in [-0.05, 0) is 74.0 Å². The highest BCUT2D eigenvalue weighted by Gasteiger charge is 2.13. The van der Waals surface area contributed by atoms with Gasteiger partial charge in [0.05, 0.1) is 0 Å². The van der Waals surface area contributed by atoms with Gasteiger partial charge in [0.1, 0.15) is 5.75 Å². The lowest BCUT2D eigenvalue weighted by Gasteiger charge is -2.08. The predicted molar refractivity (Wildman–Crippen MR) is 128 cm³/mol. The lowest BCUT2D eigenvalue weighted by atomic mass is 10.1. The average molecular weight is 457 g/mol. The van der Waals surface area contributed by atoms with Crippen molar-refractivity contribution in [2.24, 2.45) is 0 Å². The SMILES string of the molecule is CCNC(=O)COc1ccc(NC(=O)c2ccc(-c3nnc(-c4ccccc4C)o3)cc2)cc1. The zero-order chi connectivity index (χ0) is 23.9. The Bertz CT molecular complexity index is 1280. The number of hydrogen-bond donors (Lipinski definition) is 2. The number of aromatic nitrogens is 2. The van der Waals surface area contributed by atoms with Crippen molar-refractivity contribution >= 4 is 17.5 Å². The Hall–Kier alpha value is -4.46. The van der Waals surface area contributed by atoms with E-state index in [1.807, 2.05) is 38.1 Å². The molecule has 0 aliphatic heterocycles. The number of nitrogens with one attached hydrogen (secondary N) is 2. The highest BCUT2D eigenvalue weighted by atomic mass is 16.5. The summed E-state index contributed by atoms with van der Waals surface area (Å²) in [5.74, 6) is 0.934. The summed E-state index contributed by atoms with van der Waals surface area (Å²) in [7, 11) is 0. The number of benzene rings is 3. The van der Waals surface area contributed by atoms with E-state index in [4.69, 9.17) is 9.15 Å². The van der Waals surface area contributed by atoms with Gasteiger partial charge in [-0.25, -0.2) is 0 Å². The van der Waals surface area contributed by atoms with Gasteiger partial charge in [-0.15, -0.1) is 10.2 Å². The molecule has 4 aromatic rings. The van der Waals surface area contributed by atoms with Crippen LogP contribution in [0.25, 0.3) is 22.9 Å². The summed E-state index contributed by atoms with van der Waals surface area (Å²) in [6, 6.07) is 21.5. The van der Waals surface area contributed by atoms with Gasteiger partial charge >= 0.3 is 0 Å². The molecule has 4 rings (SSSR count). The second kappa shape index (κ2) is 10.4. The largest absolute Gasteiger partial charge is 0.484 e. The third kappa shape index (κ3) is 5.47. The third-order valence-corrected chi connectivity index (χ3v) is 5.05. The van der Waals surface area contributed by atoms with E-state index in [1.165, 1.54) is 0 Å². The Kier molecular flexibility index (Phi) is 6.98. The average Bonchev–Trinajstić information content (AvgIpc) is 3.34. The maximum Gasteiger partial charge on any atom is 0.257 e. The molecule has 8 nitrogen and oxygen atoms in total. The minimum Gasteiger partial charge on any atom is -0.484 e. The lowest BCUT2D eigenvalue weighted by molar-refractivity contribution is -0.122. The molecule has 0 saturated heterocycles. The Morgan fingerprint density at radius 3 is 2.32 bits per heavy atom. The lowest BCUT2D eigenvalue weighted by Crippen LogP contribution is -2.28. The molecule has 0 fully saturated rings. The summed E-state index contributed by atoms with van der Waals surface area (Å²) in [5, 5.41) is 13.8. The zero-order valence-corrected chi connectivity index (χ0v) is 18.9. The smallest absolute Gasteiger partial charge is 0.257 e. The number of ether oxygens (including phenoxy) is 1. The van der Waals surface area contributed by atoms with Gasteiger partial charge in [0.15, 0.2) is 6.61 Å². The van der Waals surface area contributed by atoms with Crippen LogP contribution in [0.5, 0.6) is 5.75 Å². The van der Waals surface area contributed by atoms with Gasteiger partial charge < -0.3 is 19.8 Å². The first-order valence-corrected chi connectivity index (χ1v) is 10.8. The maximum absolute atomic E-state index is 12.6. The first-order chi connectivity index (χ1) is 16.5. The van der Waals surface area contributed by atoms with Crippen molar-refractivity contribution in [3.63, 3.8) is 0 Å². The molecule has 2 amide bonds. The fraction of sp³-hybridized carbons (Fsp3) is 0.154. The molecule has 0 saturated carbocycles. The van der Waals surface area contributed by atoms with Crippen LogP contribution in [0.4, 0.5) is 5.69 Å². The molecule has 0 bridgehead atoms. The highest BCUT2D eigenvalue weighted by molar-refractivity contribution is 6.04. The molecule has 0 aliphatic carbocycles. The van der Waals surface area contributed by atoms with Gasteiger partial charge in [-0.3, -0.25) is 9.59 Å². The van der Waals surface area contributed by atoms with E-state index in [0.717, 1.165) is 16.7 Å². The van der Waals surface area contributed by atoms with Gasteiger partial charge in [0.2, 0.25) is 11.8 Å². The molecule has 1 heterocycles. The van der Waals surface area contributed by atoms with E-state index in [0.29, 0.717) is 35.3 Å². The van der Waals surface area contributed by atoms with Crippen molar-refractivity contribution in [2.75, 3.05) is 18.5 Å². The summed E-state index contributed by atoms with van der Waals surface area (Å²) < 4.78 is 11.2. The molecular formula is C26H24N4O4. The predicted octanol–water partition coefficient (Wildman–Crippen LogP) is 4.48. The van der Waals surface area contributed by atoms with Crippen molar-refractivity contribution < 1.29 is 18.7 Å². The Balaban J connectivity index is 1.37. The van der Waals surface area contributed by atoms with E-state index >= 15 is 0 Å². The molecule has 0 unspecified atom stereocenters. The summed E-state index contributed by atoms with van der Waals surface area (Å²) in [4.78, 5) is 24.1. The second-order valence-corrected chi connectivity index (χ2v) is 7.53. The summed E-state index contributed by atoms with van der Waals surface area (Å²) in [6.07, 6.45) is 0. The van der Waals surface area contributed by atoms with Gasteiger partial charge in [-0.2, -0.15) is 0 Å². The van der Waals surface area contributed by atoms with Crippen LogP contribution in [0.1, 0.15) is 22.8 Å². The van der Waals surface area contributed by atoms with Crippen LogP contribution in [0.2, 0.25) is 0 Å². The number of likely N-dealkylation sites (N-methyl/N-ethyl adjacent to an activating group) is 1. The van der Waals surface area contributed by atoms with Gasteiger partial charge in [0.25, 0.3) is 11.8 Å². The number of nitrogens with zero attached hydrogens (tertiary/aromatic N) is 2. The minimum atomic E-state index is -0.256. The monoisotopic (exact) mass is 456 g/mol. The van der Waals surface area contributed by atoms with Gasteiger partial charge in [-0.1, -0.05) is 18.2 Å². The fourth-order valence-electron chi connectivity index (χ4n) is 3.26. The standard InChI is InChI=1S/C26H24N4O4/c1-3-27-23(31)16-33-21-14-12-20(13-15-21)28-24(32)18-8-10-19(11-9-18)25-29-30-26(34-25)22-7-5-4-6-17(22)2/h4-15H,3,16H2,1-2H3,(H,27,31)(H,28,32). The molecule has 172 valence electrons. The van der Waals surface area contributed by atoms with Crippen LogP contribution < -0.4 is 15.4 Å². The number of hydrogen-bond acceptors (Lipinski definition) is 6. The van der Waals surface area contributed by atoms with Crippen molar-refractivity contribution in [1.82, 2.24) is 15.5 Å². The summed E-state index contributed by atoms with van der Waals surface area (Å²) in [6.45, 7) is 4.33. The van der Waals surface area contributed by atoms with Gasteiger partial charge in [0, 0.05) is 28.9 Å². The first kappa shape index (κ1) is 22.7. The van der Waals surface area contributed by atoms with Crippen molar-refractivity contribution in [3.05, 3.63) is 83.9 Å². The van der Waals surface area contributed by atoms with Crippen LogP contribution in [0.3, 0.4) is 0 Å². The van der Waals surface area contributed by atoms with Crippen LogP contribution in [0.15, 0.2) is 77.2 Å². The number of carbonyl (C=O) groups excluding carboxylic acids is 2. The molecule has 2 N–H and O–H groups in total. The van der Waals surface area contributed by atoms with Crippen molar-refractivity contribution in [1.29, 1.82) is 0 Å². The Morgan fingerprint density at radius 1 is 0.912 bits per heavy atom. The molecular weight excluding hydrogens is 432 g/mol. The summed E-state index contributed by atoms with van der Waals surface area (Å²) in [5.41, 5.74) is 3.75. The normalized spacial score (nSPS) is 10.5. The molecule has 34 heavy (non-hydrogen) atoms. The van der Waals surface area contributed by atoms with Crippen LogP contribution in [-0.4, -0.2) is 35.2 Å². The molecule has 1 aromatic heterocycles. The topological polar surface area (TPSA) is 106 Å². The fourth-order valence-corrected chi connectivity index (χ4v) is 3.26. The molecule has 8 heteroatoms. The van der Waals surface area contributed by atoms with Crippen molar-refractivity contribution in [2.45, 2.75) is 13.8 Å².